The van der Waals surface area contributed by atoms with Gasteiger partial charge in [-0.25, -0.2) is 0 Å². The van der Waals surface area contributed by atoms with Crippen molar-refractivity contribution in [2.24, 2.45) is 5.92 Å². The van der Waals surface area contributed by atoms with Crippen LogP contribution >= 0.6 is 0 Å². The number of hydrogen-bond acceptors (Lipinski definition) is 5. The van der Waals surface area contributed by atoms with E-state index in [-0.39, 0.29) is 0 Å². The molecule has 0 aromatic rings. The first kappa shape index (κ1) is 21.1. The molecule has 0 atom stereocenters. The summed E-state index contributed by atoms with van der Waals surface area (Å²) in [4.78, 5) is 5.03. The Kier molecular flexibility index (Phi) is 9.71. The van der Waals surface area contributed by atoms with Gasteiger partial charge in [-0.1, -0.05) is 13.8 Å². The normalized spacial score (nSPS) is 25.7. The van der Waals surface area contributed by atoms with Crippen molar-refractivity contribution < 1.29 is 14.2 Å². The molecule has 2 aliphatic rings. The van der Waals surface area contributed by atoms with Crippen LogP contribution in [0.2, 0.25) is 0 Å². The average molecular weight is 357 g/mol. The van der Waals surface area contributed by atoms with Gasteiger partial charge in [0.1, 0.15) is 0 Å². The summed E-state index contributed by atoms with van der Waals surface area (Å²) in [6, 6.07) is 0. The molecule has 5 nitrogen and oxygen atoms in total. The Morgan fingerprint density at radius 1 is 0.760 bits per heavy atom. The van der Waals surface area contributed by atoms with E-state index in [0.717, 1.165) is 84.3 Å². The lowest BCUT2D eigenvalue weighted by atomic mass is 9.92. The van der Waals surface area contributed by atoms with Crippen molar-refractivity contribution >= 4 is 0 Å². The standard InChI is InChI=1S/C20H40N2O3/c1-17(2)5-12-24-19-15-20(16-19)25-14-11-22-8-6-21(7-9-22)10-13-23-18(3)4/h17-20H,5-16H2,1-4H3/t19-,20-. The summed E-state index contributed by atoms with van der Waals surface area (Å²) in [5, 5.41) is 0. The lowest BCUT2D eigenvalue weighted by molar-refractivity contribution is -0.105. The van der Waals surface area contributed by atoms with Crippen LogP contribution in [0.15, 0.2) is 0 Å². The van der Waals surface area contributed by atoms with Gasteiger partial charge >= 0.3 is 0 Å². The predicted molar refractivity (Wildman–Crippen MR) is 102 cm³/mol. The number of hydrogen-bond donors (Lipinski definition) is 0. The summed E-state index contributed by atoms with van der Waals surface area (Å²) < 4.78 is 17.5. The fraction of sp³-hybridized carbons (Fsp3) is 1.00. The van der Waals surface area contributed by atoms with E-state index in [1.807, 2.05) is 0 Å². The summed E-state index contributed by atoms with van der Waals surface area (Å²) in [6.45, 7) is 18.0. The van der Waals surface area contributed by atoms with Crippen molar-refractivity contribution in [3.63, 3.8) is 0 Å². The first-order chi connectivity index (χ1) is 12.0. The zero-order chi connectivity index (χ0) is 18.1. The second-order valence-electron chi connectivity index (χ2n) is 8.24. The first-order valence-electron chi connectivity index (χ1n) is 10.3. The Morgan fingerprint density at radius 2 is 1.28 bits per heavy atom. The highest BCUT2D eigenvalue weighted by atomic mass is 16.5. The molecular formula is C20H40N2O3. The van der Waals surface area contributed by atoms with E-state index in [1.165, 1.54) is 0 Å². The minimum absolute atomic E-state index is 0.338. The molecule has 2 fully saturated rings. The van der Waals surface area contributed by atoms with Crippen LogP contribution in [0.4, 0.5) is 0 Å². The van der Waals surface area contributed by atoms with Crippen molar-refractivity contribution in [1.82, 2.24) is 9.80 Å². The van der Waals surface area contributed by atoms with Gasteiger partial charge in [-0.2, -0.15) is 0 Å². The molecule has 0 amide bonds. The van der Waals surface area contributed by atoms with Crippen molar-refractivity contribution in [2.75, 3.05) is 59.1 Å². The molecule has 1 saturated heterocycles. The van der Waals surface area contributed by atoms with E-state index in [0.29, 0.717) is 18.3 Å². The lowest BCUT2D eigenvalue weighted by Crippen LogP contribution is -2.48. The monoisotopic (exact) mass is 356 g/mol. The fourth-order valence-corrected chi connectivity index (χ4v) is 3.26. The van der Waals surface area contributed by atoms with Crippen LogP contribution in [0, 0.1) is 5.92 Å². The van der Waals surface area contributed by atoms with E-state index >= 15 is 0 Å². The zero-order valence-corrected chi connectivity index (χ0v) is 16.9. The summed E-state index contributed by atoms with van der Waals surface area (Å²) in [7, 11) is 0. The van der Waals surface area contributed by atoms with Gasteiger partial charge in [0.2, 0.25) is 0 Å². The van der Waals surface area contributed by atoms with E-state index in [9.17, 15) is 0 Å². The van der Waals surface area contributed by atoms with Crippen LogP contribution in [-0.4, -0.2) is 87.2 Å². The molecule has 2 rings (SSSR count). The SMILES string of the molecule is CC(C)CCO[C@H]1C[C@H](OCCN2CCN(CCOC(C)C)CC2)C1. The number of nitrogens with zero attached hydrogens (tertiary/aromatic N) is 2. The Bertz CT molecular complexity index is 338. The highest BCUT2D eigenvalue weighted by molar-refractivity contribution is 4.81. The molecule has 0 radical (unpaired) electrons. The highest BCUT2D eigenvalue weighted by Crippen LogP contribution is 2.26. The molecule has 0 unspecified atom stereocenters. The van der Waals surface area contributed by atoms with Gasteiger partial charge < -0.3 is 14.2 Å². The van der Waals surface area contributed by atoms with Gasteiger partial charge in [0, 0.05) is 45.9 Å². The molecule has 0 N–H and O–H groups in total. The van der Waals surface area contributed by atoms with Gasteiger partial charge in [-0.15, -0.1) is 0 Å². The van der Waals surface area contributed by atoms with E-state index in [2.05, 4.69) is 37.5 Å². The Morgan fingerprint density at radius 3 is 1.80 bits per heavy atom. The van der Waals surface area contributed by atoms with Crippen LogP contribution in [0.25, 0.3) is 0 Å². The second-order valence-corrected chi connectivity index (χ2v) is 8.24. The van der Waals surface area contributed by atoms with Gasteiger partial charge in [0.25, 0.3) is 0 Å². The molecule has 25 heavy (non-hydrogen) atoms. The summed E-state index contributed by atoms with van der Waals surface area (Å²) in [5.41, 5.74) is 0. The number of piperazine rings is 1. The topological polar surface area (TPSA) is 34.2 Å². The zero-order valence-electron chi connectivity index (χ0n) is 16.9. The van der Waals surface area contributed by atoms with Gasteiger partial charge in [-0.3, -0.25) is 9.80 Å². The molecule has 148 valence electrons. The molecule has 0 aromatic carbocycles. The third-order valence-corrected chi connectivity index (χ3v) is 5.19. The van der Waals surface area contributed by atoms with Crippen LogP contribution in [0.5, 0.6) is 0 Å². The van der Waals surface area contributed by atoms with Crippen LogP contribution < -0.4 is 0 Å². The largest absolute Gasteiger partial charge is 0.378 e. The third-order valence-electron chi connectivity index (χ3n) is 5.19. The quantitative estimate of drug-likeness (QED) is 0.537. The maximum atomic E-state index is 6.00. The van der Waals surface area contributed by atoms with E-state index < -0.39 is 0 Å². The van der Waals surface area contributed by atoms with Gasteiger partial charge in [-0.05, 0) is 39.0 Å². The molecule has 1 saturated carbocycles. The highest BCUT2D eigenvalue weighted by Gasteiger charge is 2.30. The number of rotatable bonds is 12. The Hall–Kier alpha value is -0.200. The molecule has 1 aliphatic heterocycles. The summed E-state index contributed by atoms with van der Waals surface area (Å²) in [6.07, 6.45) is 4.55. The lowest BCUT2D eigenvalue weighted by Gasteiger charge is -2.37. The smallest absolute Gasteiger partial charge is 0.0625 e. The van der Waals surface area contributed by atoms with Gasteiger partial charge in [0.15, 0.2) is 0 Å². The van der Waals surface area contributed by atoms with Crippen LogP contribution in [0.3, 0.4) is 0 Å². The van der Waals surface area contributed by atoms with E-state index in [1.54, 1.807) is 0 Å². The minimum atomic E-state index is 0.338. The van der Waals surface area contributed by atoms with Gasteiger partial charge in [0.05, 0.1) is 31.5 Å². The molecule has 0 aromatic heterocycles. The Labute approximate surface area is 155 Å². The molecule has 0 bridgehead atoms. The molecule has 1 heterocycles. The predicted octanol–water partition coefficient (Wildman–Crippen LogP) is 2.64. The third kappa shape index (κ3) is 8.83. The second kappa shape index (κ2) is 11.5. The van der Waals surface area contributed by atoms with Crippen LogP contribution in [-0.2, 0) is 14.2 Å². The minimum Gasteiger partial charge on any atom is -0.378 e. The van der Waals surface area contributed by atoms with Crippen LogP contribution in [0.1, 0.15) is 47.0 Å². The molecular weight excluding hydrogens is 316 g/mol. The van der Waals surface area contributed by atoms with Crippen molar-refractivity contribution in [3.8, 4) is 0 Å². The average Bonchev–Trinajstić information content (AvgIpc) is 2.52. The number of ether oxygens (including phenoxy) is 3. The van der Waals surface area contributed by atoms with Crippen molar-refractivity contribution in [2.45, 2.75) is 65.3 Å². The fourth-order valence-electron chi connectivity index (χ4n) is 3.26. The molecule has 1 aliphatic carbocycles. The van der Waals surface area contributed by atoms with E-state index in [4.69, 9.17) is 14.2 Å². The Balaban J connectivity index is 1.41. The van der Waals surface area contributed by atoms with Crippen molar-refractivity contribution in [1.29, 1.82) is 0 Å². The summed E-state index contributed by atoms with van der Waals surface area (Å²) in [5.74, 6) is 0.732. The maximum absolute atomic E-state index is 6.00. The molecule has 5 heteroatoms. The maximum Gasteiger partial charge on any atom is 0.0625 e. The first-order valence-corrected chi connectivity index (χ1v) is 10.3. The molecule has 0 spiro atoms. The summed E-state index contributed by atoms with van der Waals surface area (Å²) >= 11 is 0. The van der Waals surface area contributed by atoms with Crippen molar-refractivity contribution in [3.05, 3.63) is 0 Å².